The number of hydrogen-bond acceptors (Lipinski definition) is 4. The van der Waals surface area contributed by atoms with Crippen molar-refractivity contribution in [3.8, 4) is 0 Å². The van der Waals surface area contributed by atoms with Crippen LogP contribution in [0.15, 0.2) is 12.2 Å². The third kappa shape index (κ3) is 21.0. The fourth-order valence-corrected chi connectivity index (χ4v) is 1.31. The van der Waals surface area contributed by atoms with E-state index in [4.69, 9.17) is 9.16 Å². The van der Waals surface area contributed by atoms with Gasteiger partial charge in [0.15, 0.2) is 9.76 Å². The van der Waals surface area contributed by atoms with Gasteiger partial charge in [0.1, 0.15) is 6.61 Å². The van der Waals surface area contributed by atoms with Crippen LogP contribution in [0.5, 0.6) is 0 Å². The van der Waals surface area contributed by atoms with E-state index < -0.39 is 0 Å². The van der Waals surface area contributed by atoms with Crippen LogP contribution >= 0.6 is 12.4 Å². The minimum Gasteiger partial charge on any atom is -0.461 e. The first-order valence-electron chi connectivity index (χ1n) is 5.92. The van der Waals surface area contributed by atoms with Crippen molar-refractivity contribution >= 4 is 28.1 Å². The Morgan fingerprint density at radius 1 is 1.39 bits per heavy atom. The zero-order valence-electron chi connectivity index (χ0n) is 12.3. The molecule has 0 amide bonds. The molecule has 0 unspecified atom stereocenters. The molecule has 0 saturated heterocycles. The van der Waals surface area contributed by atoms with E-state index in [0.717, 1.165) is 6.54 Å². The summed E-state index contributed by atoms with van der Waals surface area (Å²) >= 11 is 0. The number of ether oxygens (including phenoxy) is 1. The Labute approximate surface area is 120 Å². The van der Waals surface area contributed by atoms with Crippen LogP contribution in [0, 0.1) is 0 Å². The molecule has 0 atom stereocenters. The van der Waals surface area contributed by atoms with Gasteiger partial charge in [-0.3, -0.25) is 0 Å². The molecule has 0 aliphatic rings. The molecule has 110 valence electrons. The molecule has 0 heterocycles. The quantitative estimate of drug-likeness (QED) is 0.310. The summed E-state index contributed by atoms with van der Waals surface area (Å²) in [6.07, 6.45) is 1.29. The predicted molar refractivity (Wildman–Crippen MR) is 82.2 cm³/mol. The summed E-state index contributed by atoms with van der Waals surface area (Å²) < 4.78 is 9.76. The molecule has 0 aliphatic heterocycles. The van der Waals surface area contributed by atoms with Crippen molar-refractivity contribution in [2.24, 2.45) is 0 Å². The second kappa shape index (κ2) is 16.6. The van der Waals surface area contributed by atoms with Gasteiger partial charge in [0.05, 0.1) is 0 Å². The van der Waals surface area contributed by atoms with Crippen molar-refractivity contribution < 1.29 is 14.0 Å². The van der Waals surface area contributed by atoms with Gasteiger partial charge in [0, 0.05) is 19.2 Å². The fraction of sp³-hybridized carbons (Fsp3) is 0.750. The summed E-state index contributed by atoms with van der Waals surface area (Å²) in [5.41, 5.74) is 0.448. The number of nitrogens with zero attached hydrogens (tertiary/aromatic N) is 1. The highest BCUT2D eigenvalue weighted by molar-refractivity contribution is 6.26. The number of hydrogen-bond donors (Lipinski definition) is 0. The normalized spacial score (nSPS) is 9.67. The molecule has 0 aromatic carbocycles. The highest BCUT2D eigenvalue weighted by atomic mass is 35.5. The van der Waals surface area contributed by atoms with Gasteiger partial charge in [-0.25, -0.2) is 4.79 Å². The number of rotatable bonds is 7. The first-order chi connectivity index (χ1) is 7.95. The highest BCUT2D eigenvalue weighted by Gasteiger charge is 2.01. The lowest BCUT2D eigenvalue weighted by Gasteiger charge is -2.09. The van der Waals surface area contributed by atoms with Crippen molar-refractivity contribution in [2.45, 2.75) is 26.3 Å². The first-order valence-corrected chi connectivity index (χ1v) is 7.49. The summed E-state index contributed by atoms with van der Waals surface area (Å²) in [7, 11) is 5.57. The van der Waals surface area contributed by atoms with Crippen LogP contribution < -0.4 is 0 Å². The SMILES string of the molecule is C=C(C)C(=O)OCCN(C)C.CCC[SiH2]OC.Cl. The molecule has 0 radical (unpaired) electrons. The van der Waals surface area contributed by atoms with Gasteiger partial charge in [-0.1, -0.05) is 19.9 Å². The lowest BCUT2D eigenvalue weighted by Crippen LogP contribution is -2.20. The van der Waals surface area contributed by atoms with E-state index in [0.29, 0.717) is 12.2 Å². The van der Waals surface area contributed by atoms with Crippen LogP contribution in [0.3, 0.4) is 0 Å². The maximum atomic E-state index is 10.8. The van der Waals surface area contributed by atoms with Gasteiger partial charge in [-0.15, -0.1) is 12.4 Å². The van der Waals surface area contributed by atoms with Crippen LogP contribution in [0.25, 0.3) is 0 Å². The van der Waals surface area contributed by atoms with Gasteiger partial charge < -0.3 is 14.1 Å². The van der Waals surface area contributed by atoms with Crippen molar-refractivity contribution in [3.05, 3.63) is 12.2 Å². The van der Waals surface area contributed by atoms with Crippen LogP contribution in [0.4, 0.5) is 0 Å². The molecular weight excluding hydrogens is 270 g/mol. The molecule has 0 N–H and O–H groups in total. The average Bonchev–Trinajstić information content (AvgIpc) is 2.26. The highest BCUT2D eigenvalue weighted by Crippen LogP contribution is 1.91. The second-order valence-electron chi connectivity index (χ2n) is 4.07. The van der Waals surface area contributed by atoms with Gasteiger partial charge in [-0.2, -0.15) is 0 Å². The fourth-order valence-electron chi connectivity index (χ4n) is 0.733. The molecule has 0 spiro atoms. The number of halogens is 1. The van der Waals surface area contributed by atoms with E-state index in [9.17, 15) is 4.79 Å². The molecule has 0 aromatic rings. The predicted octanol–water partition coefficient (Wildman–Crippen LogP) is 1.63. The van der Waals surface area contributed by atoms with Gasteiger partial charge in [-0.05, 0) is 27.1 Å². The van der Waals surface area contributed by atoms with Crippen molar-refractivity contribution in [1.82, 2.24) is 4.90 Å². The second-order valence-corrected chi connectivity index (χ2v) is 5.76. The Morgan fingerprint density at radius 3 is 2.22 bits per heavy atom. The lowest BCUT2D eigenvalue weighted by atomic mass is 10.4. The van der Waals surface area contributed by atoms with Crippen molar-refractivity contribution in [1.29, 1.82) is 0 Å². The van der Waals surface area contributed by atoms with E-state index in [2.05, 4.69) is 13.5 Å². The number of likely N-dealkylation sites (N-methyl/N-ethyl adjacent to an activating group) is 1. The standard InChI is InChI=1S/C8H15NO2.C4H12OSi.ClH/c1-7(2)8(10)11-6-5-9(3)4;1-3-4-6-5-2;/h1,5-6H2,2-4H3;3-4,6H2,1-2H3;1H. The largest absolute Gasteiger partial charge is 0.461 e. The van der Waals surface area contributed by atoms with Crippen molar-refractivity contribution in [2.75, 3.05) is 34.4 Å². The molecule has 0 saturated carbocycles. The van der Waals surface area contributed by atoms with Gasteiger partial charge >= 0.3 is 5.97 Å². The molecule has 0 fully saturated rings. The average molecular weight is 298 g/mol. The third-order valence-corrected chi connectivity index (χ3v) is 3.23. The molecule has 6 heteroatoms. The molecule has 0 rings (SSSR count). The monoisotopic (exact) mass is 297 g/mol. The lowest BCUT2D eigenvalue weighted by molar-refractivity contribution is -0.139. The molecule has 18 heavy (non-hydrogen) atoms. The minimum absolute atomic E-state index is 0. The topological polar surface area (TPSA) is 38.8 Å². The Kier molecular flexibility index (Phi) is 21.1. The molecule has 0 bridgehead atoms. The zero-order valence-corrected chi connectivity index (χ0v) is 14.6. The van der Waals surface area contributed by atoms with E-state index in [1.54, 1.807) is 14.0 Å². The molecule has 0 aliphatic carbocycles. The van der Waals surface area contributed by atoms with Crippen LogP contribution in [-0.4, -0.2) is 55.0 Å². The van der Waals surface area contributed by atoms with Gasteiger partial charge in [0.2, 0.25) is 0 Å². The summed E-state index contributed by atoms with van der Waals surface area (Å²) in [6.45, 7) is 8.47. The maximum Gasteiger partial charge on any atom is 0.333 e. The molecular formula is C12H28ClNO3Si. The molecule has 4 nitrogen and oxygen atoms in total. The summed E-state index contributed by atoms with van der Waals surface area (Å²) in [4.78, 5) is 12.7. The van der Waals surface area contributed by atoms with Crippen LogP contribution in [0.2, 0.25) is 6.04 Å². The van der Waals surface area contributed by atoms with Crippen molar-refractivity contribution in [3.63, 3.8) is 0 Å². The first kappa shape index (κ1) is 22.8. The molecule has 0 aromatic heterocycles. The van der Waals surface area contributed by atoms with Crippen LogP contribution in [0.1, 0.15) is 20.3 Å². The number of carbonyl (C=O) groups excluding carboxylic acids is 1. The number of esters is 1. The van der Waals surface area contributed by atoms with E-state index in [1.807, 2.05) is 19.0 Å². The Bertz CT molecular complexity index is 209. The zero-order chi connectivity index (χ0) is 13.7. The summed E-state index contributed by atoms with van der Waals surface area (Å²) in [6, 6.07) is 1.33. The minimum atomic E-state index is -0.313. The Hall–Kier alpha value is -0.363. The van der Waals surface area contributed by atoms with Gasteiger partial charge in [0.25, 0.3) is 0 Å². The van der Waals surface area contributed by atoms with Crippen LogP contribution in [-0.2, 0) is 14.0 Å². The summed E-state index contributed by atoms with van der Waals surface area (Å²) in [5.74, 6) is -0.313. The maximum absolute atomic E-state index is 10.8. The summed E-state index contributed by atoms with van der Waals surface area (Å²) in [5, 5.41) is 0. The van der Waals surface area contributed by atoms with E-state index in [-0.39, 0.29) is 28.1 Å². The smallest absolute Gasteiger partial charge is 0.333 e. The third-order valence-electron chi connectivity index (χ3n) is 1.82. The van der Waals surface area contributed by atoms with E-state index in [1.165, 1.54) is 12.5 Å². The van der Waals surface area contributed by atoms with E-state index >= 15 is 0 Å². The number of carbonyl (C=O) groups is 1. The Morgan fingerprint density at radius 2 is 1.94 bits per heavy atom. The Balaban J connectivity index is -0.000000277.